The molecule has 2 rings (SSSR count). The van der Waals surface area contributed by atoms with Crippen molar-refractivity contribution in [3.05, 3.63) is 48.2 Å². The molecule has 1 aromatic carbocycles. The lowest BCUT2D eigenvalue weighted by atomic mass is 9.97. The molecule has 7 heteroatoms. The zero-order chi connectivity index (χ0) is 19.2. The standard InChI is InChI=1S/C19H22N2O5/c1-19(12-25-2,11-17(22)23)21-18(24)13-7-8-16(26-3)14(10-13)15-6-4-5-9-20-15/h4-10H,11-12H2,1-3H3,(H,21,24)(H,22,23). The Hall–Kier alpha value is -2.93. The maximum Gasteiger partial charge on any atom is 0.305 e. The van der Waals surface area contributed by atoms with Gasteiger partial charge >= 0.3 is 5.97 Å². The second-order valence-electron chi connectivity index (χ2n) is 6.15. The Balaban J connectivity index is 2.33. The number of hydrogen-bond acceptors (Lipinski definition) is 5. The van der Waals surface area contributed by atoms with E-state index < -0.39 is 17.4 Å². The van der Waals surface area contributed by atoms with Crippen LogP contribution in [0.1, 0.15) is 23.7 Å². The van der Waals surface area contributed by atoms with Crippen LogP contribution in [0.4, 0.5) is 0 Å². The third kappa shape index (κ3) is 4.80. The molecule has 1 heterocycles. The van der Waals surface area contributed by atoms with Gasteiger partial charge in [-0.15, -0.1) is 0 Å². The van der Waals surface area contributed by atoms with E-state index in [1.165, 1.54) is 7.11 Å². The number of aromatic nitrogens is 1. The number of benzene rings is 1. The molecule has 2 N–H and O–H groups in total. The topological polar surface area (TPSA) is 97.8 Å². The Labute approximate surface area is 152 Å². The number of aliphatic carboxylic acids is 1. The van der Waals surface area contributed by atoms with Crippen LogP contribution in [0.2, 0.25) is 0 Å². The number of carboxylic acid groups (broad SMARTS) is 1. The molecule has 0 radical (unpaired) electrons. The second kappa shape index (κ2) is 8.44. The van der Waals surface area contributed by atoms with Crippen molar-refractivity contribution < 1.29 is 24.2 Å². The molecule has 1 amide bonds. The first kappa shape index (κ1) is 19.4. The summed E-state index contributed by atoms with van der Waals surface area (Å²) in [5.41, 5.74) is 0.693. The average molecular weight is 358 g/mol. The summed E-state index contributed by atoms with van der Waals surface area (Å²) >= 11 is 0. The lowest BCUT2D eigenvalue weighted by molar-refractivity contribution is -0.139. The van der Waals surface area contributed by atoms with Crippen LogP contribution in [-0.4, -0.2) is 48.3 Å². The number of pyridine rings is 1. The number of carboxylic acids is 1. The van der Waals surface area contributed by atoms with Gasteiger partial charge in [-0.3, -0.25) is 14.6 Å². The van der Waals surface area contributed by atoms with Gasteiger partial charge in [0.05, 0.1) is 31.4 Å². The molecule has 1 atom stereocenters. The average Bonchev–Trinajstić information content (AvgIpc) is 2.61. The number of carbonyl (C=O) groups excluding carboxylic acids is 1. The van der Waals surface area contributed by atoms with E-state index in [4.69, 9.17) is 14.6 Å². The molecule has 0 spiro atoms. The first-order valence-corrected chi connectivity index (χ1v) is 8.01. The summed E-state index contributed by atoms with van der Waals surface area (Å²) in [4.78, 5) is 28.1. The highest BCUT2D eigenvalue weighted by molar-refractivity contribution is 5.96. The van der Waals surface area contributed by atoms with Gasteiger partial charge in [-0.25, -0.2) is 0 Å². The number of amides is 1. The predicted octanol–water partition coefficient (Wildman–Crippen LogP) is 2.37. The molecular weight excluding hydrogens is 336 g/mol. The fourth-order valence-corrected chi connectivity index (χ4v) is 2.70. The zero-order valence-corrected chi connectivity index (χ0v) is 15.0. The van der Waals surface area contributed by atoms with Gasteiger partial charge in [0.2, 0.25) is 0 Å². The Kier molecular flexibility index (Phi) is 6.30. The highest BCUT2D eigenvalue weighted by Gasteiger charge is 2.30. The predicted molar refractivity (Wildman–Crippen MR) is 96.2 cm³/mol. The molecule has 1 unspecified atom stereocenters. The summed E-state index contributed by atoms with van der Waals surface area (Å²) in [5.74, 6) is -0.829. The van der Waals surface area contributed by atoms with Crippen LogP contribution >= 0.6 is 0 Å². The lowest BCUT2D eigenvalue weighted by Crippen LogP contribution is -2.50. The number of rotatable bonds is 8. The number of nitrogens with zero attached hydrogens (tertiary/aromatic N) is 1. The van der Waals surface area contributed by atoms with E-state index in [1.807, 2.05) is 12.1 Å². The third-order valence-electron chi connectivity index (χ3n) is 3.82. The Morgan fingerprint density at radius 1 is 1.23 bits per heavy atom. The van der Waals surface area contributed by atoms with Crippen molar-refractivity contribution >= 4 is 11.9 Å². The zero-order valence-electron chi connectivity index (χ0n) is 15.0. The van der Waals surface area contributed by atoms with Gasteiger partial charge in [0.25, 0.3) is 5.91 Å². The first-order chi connectivity index (χ1) is 12.4. The summed E-state index contributed by atoms with van der Waals surface area (Å²) in [6.45, 7) is 1.71. The van der Waals surface area contributed by atoms with E-state index in [-0.39, 0.29) is 13.0 Å². The third-order valence-corrected chi connectivity index (χ3v) is 3.82. The van der Waals surface area contributed by atoms with Crippen LogP contribution in [-0.2, 0) is 9.53 Å². The molecule has 1 aromatic heterocycles. The molecule has 0 aliphatic rings. The van der Waals surface area contributed by atoms with Crippen molar-refractivity contribution in [3.63, 3.8) is 0 Å². The first-order valence-electron chi connectivity index (χ1n) is 8.01. The van der Waals surface area contributed by atoms with Crippen LogP contribution in [0.3, 0.4) is 0 Å². The number of carbonyl (C=O) groups is 2. The summed E-state index contributed by atoms with van der Waals surface area (Å²) in [6, 6.07) is 10.4. The van der Waals surface area contributed by atoms with Crippen molar-refractivity contribution in [1.29, 1.82) is 0 Å². The maximum atomic E-state index is 12.7. The molecule has 7 nitrogen and oxygen atoms in total. The summed E-state index contributed by atoms with van der Waals surface area (Å²) in [6.07, 6.45) is 1.40. The maximum absolute atomic E-state index is 12.7. The highest BCUT2D eigenvalue weighted by Crippen LogP contribution is 2.29. The molecule has 0 aliphatic carbocycles. The van der Waals surface area contributed by atoms with Gasteiger partial charge in [0, 0.05) is 24.4 Å². The largest absolute Gasteiger partial charge is 0.496 e. The molecule has 2 aromatic rings. The Bertz CT molecular complexity index is 779. The van der Waals surface area contributed by atoms with Crippen molar-refractivity contribution in [2.45, 2.75) is 18.9 Å². The lowest BCUT2D eigenvalue weighted by Gasteiger charge is -2.28. The molecule has 0 saturated carbocycles. The van der Waals surface area contributed by atoms with Crippen molar-refractivity contribution in [3.8, 4) is 17.0 Å². The van der Waals surface area contributed by atoms with Gasteiger partial charge in [-0.1, -0.05) is 6.07 Å². The van der Waals surface area contributed by atoms with Crippen molar-refractivity contribution in [1.82, 2.24) is 10.3 Å². The SMILES string of the molecule is COCC(C)(CC(=O)O)NC(=O)c1ccc(OC)c(-c2ccccn2)c1. The normalized spacial score (nSPS) is 12.9. The minimum Gasteiger partial charge on any atom is -0.496 e. The molecule has 138 valence electrons. The smallest absolute Gasteiger partial charge is 0.305 e. The summed E-state index contributed by atoms with van der Waals surface area (Å²) < 4.78 is 10.4. The van der Waals surface area contributed by atoms with E-state index in [0.717, 1.165) is 0 Å². The monoisotopic (exact) mass is 358 g/mol. The summed E-state index contributed by atoms with van der Waals surface area (Å²) in [5, 5.41) is 11.8. The van der Waals surface area contributed by atoms with E-state index in [0.29, 0.717) is 22.6 Å². The Morgan fingerprint density at radius 2 is 2.00 bits per heavy atom. The second-order valence-corrected chi connectivity index (χ2v) is 6.15. The van der Waals surface area contributed by atoms with Gasteiger partial charge < -0.3 is 19.9 Å². The quantitative estimate of drug-likeness (QED) is 0.752. The van der Waals surface area contributed by atoms with Crippen LogP contribution in [0, 0.1) is 0 Å². The molecule has 26 heavy (non-hydrogen) atoms. The van der Waals surface area contributed by atoms with E-state index in [9.17, 15) is 9.59 Å². The Morgan fingerprint density at radius 3 is 2.58 bits per heavy atom. The number of ether oxygens (including phenoxy) is 2. The van der Waals surface area contributed by atoms with Crippen LogP contribution in [0.15, 0.2) is 42.6 Å². The van der Waals surface area contributed by atoms with Crippen molar-refractivity contribution in [2.24, 2.45) is 0 Å². The van der Waals surface area contributed by atoms with Gasteiger partial charge in [0.1, 0.15) is 5.75 Å². The minimum atomic E-state index is -1.03. The van der Waals surface area contributed by atoms with Gasteiger partial charge in [-0.2, -0.15) is 0 Å². The van der Waals surface area contributed by atoms with Crippen LogP contribution in [0.25, 0.3) is 11.3 Å². The minimum absolute atomic E-state index is 0.0777. The number of nitrogens with one attached hydrogen (secondary N) is 1. The van der Waals surface area contributed by atoms with E-state index in [2.05, 4.69) is 10.3 Å². The molecular formula is C19H22N2O5. The van der Waals surface area contributed by atoms with E-state index in [1.54, 1.807) is 44.5 Å². The number of methoxy groups -OCH3 is 2. The fourth-order valence-electron chi connectivity index (χ4n) is 2.70. The van der Waals surface area contributed by atoms with Gasteiger partial charge in [0.15, 0.2) is 0 Å². The van der Waals surface area contributed by atoms with E-state index >= 15 is 0 Å². The molecule has 0 fully saturated rings. The van der Waals surface area contributed by atoms with Crippen LogP contribution < -0.4 is 10.1 Å². The molecule has 0 saturated heterocycles. The number of hydrogen-bond donors (Lipinski definition) is 2. The van der Waals surface area contributed by atoms with Crippen molar-refractivity contribution in [2.75, 3.05) is 20.8 Å². The fraction of sp³-hybridized carbons (Fsp3) is 0.316. The van der Waals surface area contributed by atoms with Crippen LogP contribution in [0.5, 0.6) is 5.75 Å². The van der Waals surface area contributed by atoms with Gasteiger partial charge in [-0.05, 0) is 37.3 Å². The molecule has 0 aliphatic heterocycles. The molecule has 0 bridgehead atoms. The summed E-state index contributed by atoms with van der Waals surface area (Å²) in [7, 11) is 3.00. The highest BCUT2D eigenvalue weighted by atomic mass is 16.5.